The van der Waals surface area contributed by atoms with Gasteiger partial charge in [0.15, 0.2) is 0 Å². The molecule has 0 unspecified atom stereocenters. The van der Waals surface area contributed by atoms with Gasteiger partial charge in [-0.05, 0) is 48.7 Å². The summed E-state index contributed by atoms with van der Waals surface area (Å²) in [4.78, 5) is 8.41. The van der Waals surface area contributed by atoms with E-state index in [2.05, 4.69) is 15.1 Å². The Bertz CT molecular complexity index is 1610. The van der Waals surface area contributed by atoms with Gasteiger partial charge >= 0.3 is 6.18 Å². The highest BCUT2D eigenvalue weighted by atomic mass is 19.4. The molecule has 0 radical (unpaired) electrons. The van der Waals surface area contributed by atoms with Crippen LogP contribution in [0.5, 0.6) is 0 Å². The van der Waals surface area contributed by atoms with Crippen LogP contribution in [0.25, 0.3) is 33.1 Å². The molecule has 0 amide bonds. The molecule has 5 aromatic rings. The van der Waals surface area contributed by atoms with Gasteiger partial charge in [-0.2, -0.15) is 18.3 Å². The predicted octanol–water partition coefficient (Wildman–Crippen LogP) is 5.71. The van der Waals surface area contributed by atoms with E-state index in [1.54, 1.807) is 12.1 Å². The Morgan fingerprint density at radius 1 is 1.00 bits per heavy atom. The molecule has 11 heteroatoms. The van der Waals surface area contributed by atoms with Crippen LogP contribution in [0.1, 0.15) is 30.0 Å². The number of aromatic nitrogens is 5. The van der Waals surface area contributed by atoms with Gasteiger partial charge in [0.05, 0.1) is 28.4 Å². The maximum Gasteiger partial charge on any atom is 0.416 e. The molecule has 0 spiro atoms. The molecule has 6 rings (SSSR count). The molecule has 0 saturated heterocycles. The fourth-order valence-corrected chi connectivity index (χ4v) is 4.43. The van der Waals surface area contributed by atoms with Gasteiger partial charge in [0.25, 0.3) is 0 Å². The Labute approximate surface area is 194 Å². The highest BCUT2D eigenvalue weighted by Crippen LogP contribution is 2.43. The summed E-state index contributed by atoms with van der Waals surface area (Å²) in [5, 5.41) is 5.00. The van der Waals surface area contributed by atoms with Crippen LogP contribution in [-0.4, -0.2) is 24.3 Å². The minimum atomic E-state index is -4.68. The van der Waals surface area contributed by atoms with E-state index in [0.717, 1.165) is 25.0 Å². The van der Waals surface area contributed by atoms with Crippen molar-refractivity contribution in [1.29, 1.82) is 0 Å². The maximum atomic E-state index is 15.7. The van der Waals surface area contributed by atoms with Crippen molar-refractivity contribution >= 4 is 27.8 Å². The Morgan fingerprint density at radius 2 is 1.80 bits per heavy atom. The molecule has 1 aliphatic rings. The molecule has 6 nitrogen and oxygen atoms in total. The molecule has 1 aliphatic carbocycles. The summed E-state index contributed by atoms with van der Waals surface area (Å²) in [6, 6.07) is 5.77. The van der Waals surface area contributed by atoms with Crippen molar-refractivity contribution in [1.82, 2.24) is 24.3 Å². The second kappa shape index (κ2) is 7.49. The lowest BCUT2D eigenvalue weighted by atomic mass is 10.0. The zero-order valence-electron chi connectivity index (χ0n) is 18.0. The molecule has 0 aliphatic heterocycles. The zero-order chi connectivity index (χ0) is 24.5. The van der Waals surface area contributed by atoms with Crippen LogP contribution in [0.2, 0.25) is 0 Å². The van der Waals surface area contributed by atoms with Crippen molar-refractivity contribution in [2.45, 2.75) is 31.6 Å². The smallest absolute Gasteiger partial charge is 0.383 e. The first-order chi connectivity index (χ1) is 16.7. The molecule has 3 heterocycles. The largest absolute Gasteiger partial charge is 0.416 e. The summed E-state index contributed by atoms with van der Waals surface area (Å²) in [5.41, 5.74) is 6.88. The first-order valence-electron chi connectivity index (χ1n) is 10.8. The summed E-state index contributed by atoms with van der Waals surface area (Å²) in [6.07, 6.45) is 1.91. The topological polar surface area (TPSA) is 74.6 Å². The number of fused-ring (bicyclic) bond motifs is 2. The summed E-state index contributed by atoms with van der Waals surface area (Å²) >= 11 is 0. The van der Waals surface area contributed by atoms with Crippen LogP contribution in [0.15, 0.2) is 49.1 Å². The lowest BCUT2D eigenvalue weighted by Gasteiger charge is -2.09. The lowest BCUT2D eigenvalue weighted by molar-refractivity contribution is -0.137. The van der Waals surface area contributed by atoms with Crippen molar-refractivity contribution in [3.05, 3.63) is 71.8 Å². The number of anilines is 1. The molecule has 2 aromatic carbocycles. The number of benzene rings is 2. The number of hydrogen-bond acceptors (Lipinski definition) is 4. The third kappa shape index (κ3) is 3.67. The highest BCUT2D eigenvalue weighted by molar-refractivity contribution is 6.02. The quantitative estimate of drug-likeness (QED) is 0.332. The highest BCUT2D eigenvalue weighted by Gasteiger charge is 2.31. The summed E-state index contributed by atoms with van der Waals surface area (Å²) in [5.74, 6) is -1.32. The van der Waals surface area contributed by atoms with Crippen molar-refractivity contribution in [2.24, 2.45) is 0 Å². The van der Waals surface area contributed by atoms with E-state index < -0.39 is 23.4 Å². The van der Waals surface area contributed by atoms with Gasteiger partial charge in [-0.1, -0.05) is 0 Å². The number of alkyl halides is 3. The SMILES string of the molecule is Nc1ncnc2c1c(-c1ccc3nn(Cc4cc(F)cc(C(F)(F)F)c4)cc3c1F)cn2C1CC1. The average Bonchev–Trinajstić information content (AvgIpc) is 3.43. The van der Waals surface area contributed by atoms with Crippen LogP contribution in [0, 0.1) is 11.6 Å². The number of rotatable bonds is 4. The van der Waals surface area contributed by atoms with Gasteiger partial charge in [0.1, 0.15) is 29.4 Å². The van der Waals surface area contributed by atoms with Crippen LogP contribution in [0.4, 0.5) is 27.8 Å². The van der Waals surface area contributed by atoms with Crippen molar-refractivity contribution in [2.75, 3.05) is 5.73 Å². The molecule has 3 aromatic heterocycles. The lowest BCUT2D eigenvalue weighted by Crippen LogP contribution is -2.08. The monoisotopic (exact) mass is 484 g/mol. The number of nitrogen functional groups attached to an aromatic ring is 1. The summed E-state index contributed by atoms with van der Waals surface area (Å²) < 4.78 is 71.9. The molecule has 0 atom stereocenters. The van der Waals surface area contributed by atoms with Gasteiger partial charge < -0.3 is 10.3 Å². The van der Waals surface area contributed by atoms with Gasteiger partial charge in [0, 0.05) is 29.6 Å². The van der Waals surface area contributed by atoms with E-state index in [-0.39, 0.29) is 34.9 Å². The molecule has 1 fully saturated rings. The molecular formula is C24H17F5N6. The maximum absolute atomic E-state index is 15.7. The minimum Gasteiger partial charge on any atom is -0.383 e. The van der Waals surface area contributed by atoms with Crippen molar-refractivity contribution in [3.63, 3.8) is 0 Å². The molecule has 2 N–H and O–H groups in total. The fourth-order valence-electron chi connectivity index (χ4n) is 4.43. The number of halogens is 5. The third-order valence-electron chi connectivity index (χ3n) is 6.17. The first kappa shape index (κ1) is 21.5. The second-order valence-corrected chi connectivity index (χ2v) is 8.67. The van der Waals surface area contributed by atoms with Crippen LogP contribution < -0.4 is 5.73 Å². The fraction of sp³-hybridized carbons (Fsp3) is 0.208. The molecule has 0 bridgehead atoms. The van der Waals surface area contributed by atoms with E-state index in [1.807, 2.05) is 10.8 Å². The minimum absolute atomic E-state index is 0.0585. The summed E-state index contributed by atoms with van der Waals surface area (Å²) in [6.45, 7) is -0.161. The zero-order valence-corrected chi connectivity index (χ0v) is 18.0. The Hall–Kier alpha value is -4.02. The predicted molar refractivity (Wildman–Crippen MR) is 119 cm³/mol. The van der Waals surface area contributed by atoms with E-state index in [9.17, 15) is 17.6 Å². The third-order valence-corrected chi connectivity index (χ3v) is 6.17. The number of hydrogen-bond donors (Lipinski definition) is 1. The Kier molecular flexibility index (Phi) is 4.60. The van der Waals surface area contributed by atoms with Gasteiger partial charge in [-0.25, -0.2) is 18.7 Å². The van der Waals surface area contributed by atoms with Crippen LogP contribution in [-0.2, 0) is 12.7 Å². The van der Waals surface area contributed by atoms with Gasteiger partial charge in [0.2, 0.25) is 0 Å². The first-order valence-corrected chi connectivity index (χ1v) is 10.8. The molecular weight excluding hydrogens is 467 g/mol. The molecule has 1 saturated carbocycles. The van der Waals surface area contributed by atoms with Crippen molar-refractivity contribution < 1.29 is 22.0 Å². The standard InChI is InChI=1S/C24H17F5N6/c25-14-6-12(5-13(7-14)24(27,28)29)8-34-9-18-19(33-34)4-3-16(21(18)26)17-10-35(15-1-2-15)23-20(17)22(30)31-11-32-23/h3-7,9-11,15H,1-2,8H2,(H2,30,31,32). The van der Waals surface area contributed by atoms with Crippen LogP contribution in [0.3, 0.4) is 0 Å². The van der Waals surface area contributed by atoms with E-state index in [1.165, 1.54) is 17.2 Å². The number of nitrogens with zero attached hydrogens (tertiary/aromatic N) is 5. The average molecular weight is 484 g/mol. The van der Waals surface area contributed by atoms with Crippen LogP contribution >= 0.6 is 0 Å². The van der Waals surface area contributed by atoms with Crippen molar-refractivity contribution in [3.8, 4) is 11.1 Å². The van der Waals surface area contributed by atoms with Gasteiger partial charge in [-0.3, -0.25) is 4.68 Å². The normalized spacial score (nSPS) is 14.3. The van der Waals surface area contributed by atoms with E-state index >= 15 is 4.39 Å². The number of nitrogens with two attached hydrogens (primary N) is 1. The molecule has 35 heavy (non-hydrogen) atoms. The van der Waals surface area contributed by atoms with E-state index in [0.29, 0.717) is 28.2 Å². The molecule has 178 valence electrons. The Morgan fingerprint density at radius 3 is 2.54 bits per heavy atom. The van der Waals surface area contributed by atoms with Gasteiger partial charge in [-0.15, -0.1) is 0 Å². The second-order valence-electron chi connectivity index (χ2n) is 8.67. The Balaban J connectivity index is 1.43. The summed E-state index contributed by atoms with van der Waals surface area (Å²) in [7, 11) is 0. The van der Waals surface area contributed by atoms with E-state index in [4.69, 9.17) is 5.73 Å².